The zero-order valence-corrected chi connectivity index (χ0v) is 24.5. The summed E-state index contributed by atoms with van der Waals surface area (Å²) in [5.74, 6) is -3.12. The minimum atomic E-state index is -4.69. The minimum absolute atomic E-state index is 0.346. The third-order valence-electron chi connectivity index (χ3n) is 7.10. The lowest BCUT2D eigenvalue weighted by Crippen LogP contribution is -2.33. The van der Waals surface area contributed by atoms with Crippen LogP contribution >= 0.6 is 39.0 Å². The smallest absolute Gasteiger partial charge is 0.324 e. The van der Waals surface area contributed by atoms with Crippen LogP contribution in [0.3, 0.4) is 0 Å². The zero-order valence-electron chi connectivity index (χ0n) is 21.3. The number of thiazole rings is 1. The first-order valence-electron chi connectivity index (χ1n) is 12.6. The number of para-hydroxylation sites is 1. The summed E-state index contributed by atoms with van der Waals surface area (Å²) in [5.41, 5.74) is -0.297. The molecule has 13 heteroatoms. The molecular weight excluding hydrogens is 655 g/mol. The molecule has 6 rings (SSSR count). The Morgan fingerprint density at radius 2 is 1.57 bits per heavy atom. The van der Waals surface area contributed by atoms with Crippen molar-refractivity contribution in [2.45, 2.75) is 28.9 Å². The van der Waals surface area contributed by atoms with Crippen molar-refractivity contribution in [1.82, 2.24) is 4.57 Å². The molecule has 0 saturated carbocycles. The maximum atomic E-state index is 13.9. The highest BCUT2D eigenvalue weighted by atomic mass is 79.9. The van der Waals surface area contributed by atoms with E-state index in [2.05, 4.69) is 21.2 Å². The molecule has 2 aliphatic rings. The summed E-state index contributed by atoms with van der Waals surface area (Å²) in [4.78, 5) is 55.0. The van der Waals surface area contributed by atoms with Crippen molar-refractivity contribution in [3.63, 3.8) is 0 Å². The van der Waals surface area contributed by atoms with Crippen molar-refractivity contribution in [1.29, 1.82) is 0 Å². The number of rotatable bonds is 5. The molecule has 3 heterocycles. The molecule has 1 saturated heterocycles. The van der Waals surface area contributed by atoms with E-state index >= 15 is 0 Å². The predicted octanol–water partition coefficient (Wildman–Crippen LogP) is 6.13. The van der Waals surface area contributed by atoms with Crippen molar-refractivity contribution in [3.05, 3.63) is 109 Å². The van der Waals surface area contributed by atoms with Gasteiger partial charge >= 0.3 is 11.0 Å². The molecule has 3 aromatic carbocycles. The number of carbonyl (C=O) groups excluding carboxylic acids is 3. The number of alkyl halides is 3. The highest BCUT2D eigenvalue weighted by molar-refractivity contribution is 9.10. The molecule has 3 unspecified atom stereocenters. The molecule has 0 bridgehead atoms. The zero-order chi connectivity index (χ0) is 29.8. The van der Waals surface area contributed by atoms with E-state index in [0.29, 0.717) is 15.6 Å². The summed E-state index contributed by atoms with van der Waals surface area (Å²) in [7, 11) is 0. The average molecular weight is 675 g/mol. The van der Waals surface area contributed by atoms with Gasteiger partial charge in [0.1, 0.15) is 11.8 Å². The standard InChI is InChI=1S/C29H19BrF3N3O4S2/c30-16-10-12-17(13-11-16)36-25(38)22-21(15-6-2-1-3-7-15)24-27(41-23(22)26(36)39)35(28(40)42-24)14-20(37)34-19-9-5-4-8-18(19)29(31,32)33/h1-13,21-23H,14H2,(H,34,37). The normalized spacial score (nSPS) is 19.9. The number of thioether (sulfide) groups is 1. The number of amides is 3. The van der Waals surface area contributed by atoms with E-state index in [1.54, 1.807) is 36.4 Å². The molecule has 0 spiro atoms. The summed E-state index contributed by atoms with van der Waals surface area (Å²) in [5, 5.41) is 1.74. The van der Waals surface area contributed by atoms with Gasteiger partial charge in [-0.05, 0) is 42.0 Å². The van der Waals surface area contributed by atoms with Crippen LogP contribution in [-0.2, 0) is 27.1 Å². The SMILES string of the molecule is O=C(Cn1c2c(sc1=O)C(c1ccccc1)C1C(=O)N(c3ccc(Br)cc3)C(=O)C1S2)Nc1ccccc1C(F)(F)F. The molecule has 4 aromatic rings. The number of fused-ring (bicyclic) bond motifs is 2. The Hall–Kier alpha value is -3.68. The van der Waals surface area contributed by atoms with Crippen molar-refractivity contribution < 1.29 is 27.6 Å². The first kappa shape index (κ1) is 28.4. The topological polar surface area (TPSA) is 88.5 Å². The summed E-state index contributed by atoms with van der Waals surface area (Å²) >= 11 is 5.26. The van der Waals surface area contributed by atoms with Crippen LogP contribution in [0, 0.1) is 5.92 Å². The molecule has 1 fully saturated rings. The molecule has 0 radical (unpaired) electrons. The van der Waals surface area contributed by atoms with Crippen LogP contribution in [0.25, 0.3) is 0 Å². The van der Waals surface area contributed by atoms with Crippen LogP contribution in [0.15, 0.2) is 93.2 Å². The van der Waals surface area contributed by atoms with Gasteiger partial charge in [0, 0.05) is 15.3 Å². The van der Waals surface area contributed by atoms with Crippen LogP contribution < -0.4 is 15.1 Å². The molecule has 3 amide bonds. The van der Waals surface area contributed by atoms with E-state index in [4.69, 9.17) is 0 Å². The molecule has 7 nitrogen and oxygen atoms in total. The summed E-state index contributed by atoms with van der Waals surface area (Å²) < 4.78 is 42.3. The second kappa shape index (κ2) is 10.9. The Bertz CT molecular complexity index is 1770. The van der Waals surface area contributed by atoms with Crippen LogP contribution in [0.4, 0.5) is 24.5 Å². The molecule has 42 heavy (non-hydrogen) atoms. The monoisotopic (exact) mass is 673 g/mol. The van der Waals surface area contributed by atoms with Crippen molar-refractivity contribution >= 4 is 68.1 Å². The maximum Gasteiger partial charge on any atom is 0.418 e. The van der Waals surface area contributed by atoms with Gasteiger partial charge in [0.25, 0.3) is 0 Å². The number of carbonyl (C=O) groups is 3. The molecule has 214 valence electrons. The van der Waals surface area contributed by atoms with E-state index < -0.39 is 63.7 Å². The predicted molar refractivity (Wildman–Crippen MR) is 157 cm³/mol. The van der Waals surface area contributed by atoms with Crippen LogP contribution in [-0.4, -0.2) is 27.5 Å². The van der Waals surface area contributed by atoms with E-state index in [1.807, 2.05) is 18.2 Å². The van der Waals surface area contributed by atoms with E-state index in [1.165, 1.54) is 16.7 Å². The van der Waals surface area contributed by atoms with Crippen LogP contribution in [0.5, 0.6) is 0 Å². The Kier molecular flexibility index (Phi) is 7.36. The highest BCUT2D eigenvalue weighted by Gasteiger charge is 2.56. The number of anilines is 2. The lowest BCUT2D eigenvalue weighted by molar-refractivity contribution is -0.137. The molecule has 1 aromatic heterocycles. The quantitative estimate of drug-likeness (QED) is 0.258. The van der Waals surface area contributed by atoms with E-state index in [9.17, 15) is 32.3 Å². The minimum Gasteiger partial charge on any atom is -0.324 e. The second-order valence-corrected chi connectivity index (χ2v) is 12.7. The van der Waals surface area contributed by atoms with Gasteiger partial charge < -0.3 is 5.32 Å². The summed E-state index contributed by atoms with van der Waals surface area (Å²) in [6.07, 6.45) is -4.69. The number of nitrogens with one attached hydrogen (secondary N) is 1. The number of benzene rings is 3. The Balaban J connectivity index is 1.38. The maximum absolute atomic E-state index is 13.9. The number of hydrogen-bond donors (Lipinski definition) is 1. The fourth-order valence-corrected chi connectivity index (χ4v) is 8.33. The van der Waals surface area contributed by atoms with Gasteiger partial charge in [-0.25, -0.2) is 4.90 Å². The van der Waals surface area contributed by atoms with Crippen LogP contribution in [0.2, 0.25) is 0 Å². The molecule has 2 aliphatic heterocycles. The first-order valence-corrected chi connectivity index (χ1v) is 15.1. The molecular formula is C29H19BrF3N3O4S2. The van der Waals surface area contributed by atoms with Gasteiger partial charge in [0.15, 0.2) is 0 Å². The average Bonchev–Trinajstić information content (AvgIpc) is 3.40. The fraction of sp³-hybridized carbons (Fsp3) is 0.172. The van der Waals surface area contributed by atoms with Gasteiger partial charge in [-0.2, -0.15) is 13.2 Å². The van der Waals surface area contributed by atoms with Crippen LogP contribution in [0.1, 0.15) is 21.9 Å². The molecule has 1 N–H and O–H groups in total. The largest absolute Gasteiger partial charge is 0.418 e. The van der Waals surface area contributed by atoms with Gasteiger partial charge in [0.05, 0.1) is 27.9 Å². The van der Waals surface area contributed by atoms with Gasteiger partial charge in [0.2, 0.25) is 17.7 Å². The highest BCUT2D eigenvalue weighted by Crippen LogP contribution is 2.53. The van der Waals surface area contributed by atoms with Crippen molar-refractivity contribution in [3.8, 4) is 0 Å². The lowest BCUT2D eigenvalue weighted by atomic mass is 9.83. The third-order valence-corrected chi connectivity index (χ3v) is 10.2. The number of halogens is 4. The second-order valence-electron chi connectivity index (χ2n) is 9.66. The Morgan fingerprint density at radius 1 is 0.905 bits per heavy atom. The molecule has 0 aliphatic carbocycles. The van der Waals surface area contributed by atoms with Crippen molar-refractivity contribution in [2.24, 2.45) is 5.92 Å². The van der Waals surface area contributed by atoms with Crippen molar-refractivity contribution in [2.75, 3.05) is 10.2 Å². The summed E-state index contributed by atoms with van der Waals surface area (Å²) in [6, 6.07) is 20.4. The lowest BCUT2D eigenvalue weighted by Gasteiger charge is -2.30. The summed E-state index contributed by atoms with van der Waals surface area (Å²) in [6.45, 7) is -0.568. The van der Waals surface area contributed by atoms with E-state index in [0.717, 1.165) is 50.2 Å². The van der Waals surface area contributed by atoms with E-state index in [-0.39, 0.29) is 0 Å². The van der Waals surface area contributed by atoms with Gasteiger partial charge in [-0.15, -0.1) is 0 Å². The number of imide groups is 1. The number of nitrogens with zero attached hydrogens (tertiary/aromatic N) is 2. The van der Waals surface area contributed by atoms with Gasteiger partial charge in [-0.1, -0.05) is 81.5 Å². The molecule has 3 atom stereocenters. The first-order chi connectivity index (χ1) is 20.0. The Morgan fingerprint density at radius 3 is 2.26 bits per heavy atom. The number of hydrogen-bond acceptors (Lipinski definition) is 6. The fourth-order valence-electron chi connectivity index (χ4n) is 5.29. The van der Waals surface area contributed by atoms with Gasteiger partial charge in [-0.3, -0.25) is 23.7 Å². The number of aromatic nitrogens is 1. The third kappa shape index (κ3) is 4.99. The Labute approximate surface area is 253 Å².